The lowest BCUT2D eigenvalue weighted by Gasteiger charge is -2.33. The maximum Gasteiger partial charge on any atom is 0.293 e. The van der Waals surface area contributed by atoms with E-state index in [-0.39, 0.29) is 28.1 Å². The molecule has 27 heavy (non-hydrogen) atoms. The number of anilines is 1. The molecule has 1 aliphatic rings. The molecule has 0 aliphatic carbocycles. The lowest BCUT2D eigenvalue weighted by molar-refractivity contribution is -0.384. The molecule has 1 fully saturated rings. The van der Waals surface area contributed by atoms with Gasteiger partial charge in [-0.2, -0.15) is 0 Å². The zero-order valence-corrected chi connectivity index (χ0v) is 16.2. The number of nitro benzene ring substituents is 1. The Kier molecular flexibility index (Phi) is 6.73. The smallest absolute Gasteiger partial charge is 0.293 e. The number of likely N-dealkylation sites (tertiary alicyclic amines) is 1. The van der Waals surface area contributed by atoms with Crippen molar-refractivity contribution in [2.45, 2.75) is 17.7 Å². The first kappa shape index (κ1) is 21.1. The van der Waals surface area contributed by atoms with Crippen molar-refractivity contribution in [3.05, 3.63) is 28.3 Å². The minimum atomic E-state index is -4.02. The quantitative estimate of drug-likeness (QED) is 0.501. The number of likely N-dealkylation sites (N-methyl/N-ethyl adjacent to an activating group) is 1. The van der Waals surface area contributed by atoms with Gasteiger partial charge in [0.05, 0.1) is 16.4 Å². The van der Waals surface area contributed by atoms with Crippen molar-refractivity contribution in [2.75, 3.05) is 45.6 Å². The van der Waals surface area contributed by atoms with Crippen LogP contribution in [0.25, 0.3) is 0 Å². The van der Waals surface area contributed by atoms with Gasteiger partial charge < -0.3 is 15.1 Å². The number of nitrogens with two attached hydrogens (primary N) is 1. The van der Waals surface area contributed by atoms with Crippen molar-refractivity contribution in [3.63, 3.8) is 0 Å². The van der Waals surface area contributed by atoms with E-state index in [2.05, 4.69) is 5.32 Å². The molecular formula is C16H25N5O5S. The van der Waals surface area contributed by atoms with E-state index in [1.165, 1.54) is 12.1 Å². The number of carbonyl (C=O) groups is 1. The van der Waals surface area contributed by atoms with E-state index in [0.29, 0.717) is 26.2 Å². The predicted molar refractivity (Wildman–Crippen MR) is 101 cm³/mol. The van der Waals surface area contributed by atoms with Crippen molar-refractivity contribution in [3.8, 4) is 0 Å². The Hall–Kier alpha value is -2.24. The SMILES string of the molecule is CN(C)CC(=O)N1CCCC(CNc2ccc(S(N)(=O)=O)cc2[N+](=O)[O-])C1. The number of carbonyl (C=O) groups excluding carboxylic acids is 1. The predicted octanol–water partition coefficient (Wildman–Crippen LogP) is 0.454. The molecule has 1 aromatic carbocycles. The van der Waals surface area contributed by atoms with Gasteiger partial charge in [-0.1, -0.05) is 0 Å². The van der Waals surface area contributed by atoms with Crippen molar-refractivity contribution >= 4 is 27.3 Å². The van der Waals surface area contributed by atoms with Crippen molar-refractivity contribution < 1.29 is 18.1 Å². The summed E-state index contributed by atoms with van der Waals surface area (Å²) in [4.78, 5) is 26.2. The standard InChI is InChI=1S/C16H25N5O5S/c1-19(2)11-16(22)20-7-3-4-12(10-20)9-18-14-6-5-13(27(17,25)26)8-15(14)21(23)24/h5-6,8,12,18H,3-4,7,9-11H2,1-2H3,(H2,17,25,26). The maximum atomic E-state index is 12.2. The highest BCUT2D eigenvalue weighted by Gasteiger charge is 2.25. The number of hydrogen-bond donors (Lipinski definition) is 2. The molecule has 0 spiro atoms. The monoisotopic (exact) mass is 399 g/mol. The van der Waals surface area contributed by atoms with E-state index in [9.17, 15) is 23.3 Å². The number of hydrogen-bond acceptors (Lipinski definition) is 7. The second-order valence-electron chi connectivity index (χ2n) is 6.95. The fraction of sp³-hybridized carbons (Fsp3) is 0.562. The van der Waals surface area contributed by atoms with Gasteiger partial charge >= 0.3 is 0 Å². The molecule has 1 heterocycles. The van der Waals surface area contributed by atoms with Crippen LogP contribution in [0, 0.1) is 16.0 Å². The van der Waals surface area contributed by atoms with Crippen LogP contribution in [0.2, 0.25) is 0 Å². The maximum absolute atomic E-state index is 12.2. The number of primary sulfonamides is 1. The van der Waals surface area contributed by atoms with Crippen LogP contribution >= 0.6 is 0 Å². The summed E-state index contributed by atoms with van der Waals surface area (Å²) < 4.78 is 22.8. The van der Waals surface area contributed by atoms with E-state index in [1.54, 1.807) is 0 Å². The third kappa shape index (κ3) is 5.88. The highest BCUT2D eigenvalue weighted by atomic mass is 32.2. The number of sulfonamides is 1. The number of piperidine rings is 1. The number of nitrogens with zero attached hydrogens (tertiary/aromatic N) is 3. The summed E-state index contributed by atoms with van der Waals surface area (Å²) in [7, 11) is -0.341. The minimum absolute atomic E-state index is 0.0631. The molecular weight excluding hydrogens is 374 g/mol. The molecule has 1 atom stereocenters. The van der Waals surface area contributed by atoms with Gasteiger partial charge in [-0.25, -0.2) is 13.6 Å². The summed E-state index contributed by atoms with van der Waals surface area (Å²) in [5, 5.41) is 19.3. The molecule has 1 aliphatic heterocycles. The van der Waals surface area contributed by atoms with Crippen molar-refractivity contribution in [1.29, 1.82) is 0 Å². The van der Waals surface area contributed by atoms with Crippen LogP contribution in [0.3, 0.4) is 0 Å². The van der Waals surface area contributed by atoms with Gasteiger partial charge in [-0.15, -0.1) is 0 Å². The zero-order chi connectivity index (χ0) is 20.2. The van der Waals surface area contributed by atoms with Crippen LogP contribution in [0.4, 0.5) is 11.4 Å². The number of benzene rings is 1. The molecule has 0 saturated carbocycles. The summed E-state index contributed by atoms with van der Waals surface area (Å²) in [6, 6.07) is 3.53. The van der Waals surface area contributed by atoms with Crippen molar-refractivity contribution in [1.82, 2.24) is 9.80 Å². The first-order valence-electron chi connectivity index (χ1n) is 8.55. The van der Waals surface area contributed by atoms with E-state index in [0.717, 1.165) is 18.9 Å². The van der Waals surface area contributed by atoms with Gasteiger partial charge in [-0.3, -0.25) is 14.9 Å². The first-order chi connectivity index (χ1) is 12.6. The Morgan fingerprint density at radius 3 is 2.74 bits per heavy atom. The van der Waals surface area contributed by atoms with E-state index < -0.39 is 14.9 Å². The van der Waals surface area contributed by atoms with E-state index >= 15 is 0 Å². The average Bonchev–Trinajstić information content (AvgIpc) is 2.58. The molecule has 3 N–H and O–H groups in total. The van der Waals surface area contributed by atoms with Gasteiger partial charge in [0, 0.05) is 25.7 Å². The fourth-order valence-electron chi connectivity index (χ4n) is 3.07. The van der Waals surface area contributed by atoms with Gasteiger partial charge in [-0.05, 0) is 45.0 Å². The Labute approximate surface area is 158 Å². The van der Waals surface area contributed by atoms with Crippen LogP contribution in [0.15, 0.2) is 23.1 Å². The molecule has 11 heteroatoms. The van der Waals surface area contributed by atoms with Gasteiger partial charge in [0.1, 0.15) is 5.69 Å². The fourth-order valence-corrected chi connectivity index (χ4v) is 3.61. The Balaban J connectivity index is 2.05. The number of nitrogens with one attached hydrogen (secondary N) is 1. The Morgan fingerprint density at radius 1 is 1.44 bits per heavy atom. The van der Waals surface area contributed by atoms with Crippen LogP contribution < -0.4 is 10.5 Å². The topological polar surface area (TPSA) is 139 Å². The Bertz CT molecular complexity index is 811. The largest absolute Gasteiger partial charge is 0.379 e. The zero-order valence-electron chi connectivity index (χ0n) is 15.4. The second kappa shape index (κ2) is 8.63. The summed E-state index contributed by atoms with van der Waals surface area (Å²) in [5.41, 5.74) is -0.123. The van der Waals surface area contributed by atoms with Gasteiger partial charge in [0.2, 0.25) is 15.9 Å². The summed E-state index contributed by atoms with van der Waals surface area (Å²) in [6.45, 7) is 2.09. The highest BCUT2D eigenvalue weighted by Crippen LogP contribution is 2.28. The summed E-state index contributed by atoms with van der Waals surface area (Å²) in [6.07, 6.45) is 1.78. The van der Waals surface area contributed by atoms with Crippen LogP contribution in [-0.2, 0) is 14.8 Å². The molecule has 0 aromatic heterocycles. The summed E-state index contributed by atoms with van der Waals surface area (Å²) >= 11 is 0. The molecule has 1 unspecified atom stereocenters. The lowest BCUT2D eigenvalue weighted by atomic mass is 9.97. The molecule has 0 bridgehead atoms. The van der Waals surface area contributed by atoms with Crippen LogP contribution in [-0.4, -0.2) is 69.3 Å². The first-order valence-corrected chi connectivity index (χ1v) is 10.1. The molecule has 0 radical (unpaired) electrons. The molecule has 1 saturated heterocycles. The molecule has 1 aromatic rings. The van der Waals surface area contributed by atoms with Crippen molar-refractivity contribution in [2.24, 2.45) is 11.1 Å². The lowest BCUT2D eigenvalue weighted by Crippen LogP contribution is -2.45. The number of rotatable bonds is 7. The third-order valence-corrected chi connectivity index (χ3v) is 5.31. The normalized spacial score (nSPS) is 17.8. The summed E-state index contributed by atoms with van der Waals surface area (Å²) in [5.74, 6) is 0.218. The molecule has 2 rings (SSSR count). The van der Waals surface area contributed by atoms with E-state index in [1.807, 2.05) is 23.9 Å². The minimum Gasteiger partial charge on any atom is -0.379 e. The number of amides is 1. The molecule has 1 amide bonds. The van der Waals surface area contributed by atoms with Crippen LogP contribution in [0.5, 0.6) is 0 Å². The Morgan fingerprint density at radius 2 is 2.15 bits per heavy atom. The van der Waals surface area contributed by atoms with Gasteiger partial charge in [0.25, 0.3) is 5.69 Å². The molecule has 10 nitrogen and oxygen atoms in total. The third-order valence-electron chi connectivity index (χ3n) is 4.40. The van der Waals surface area contributed by atoms with Crippen LogP contribution in [0.1, 0.15) is 12.8 Å². The van der Waals surface area contributed by atoms with Gasteiger partial charge in [0.15, 0.2) is 0 Å². The average molecular weight is 399 g/mol. The van der Waals surface area contributed by atoms with E-state index in [4.69, 9.17) is 5.14 Å². The highest BCUT2D eigenvalue weighted by molar-refractivity contribution is 7.89. The second-order valence-corrected chi connectivity index (χ2v) is 8.51. The molecule has 150 valence electrons. The number of nitro groups is 1.